The Bertz CT molecular complexity index is 371. The van der Waals surface area contributed by atoms with Crippen molar-refractivity contribution in [2.45, 2.75) is 50.2 Å². The fourth-order valence-electron chi connectivity index (χ4n) is 3.04. The molecule has 2 heterocycles. The van der Waals surface area contributed by atoms with Crippen LogP contribution in [0.2, 0.25) is 0 Å². The van der Waals surface area contributed by atoms with Crippen LogP contribution in [0.5, 0.6) is 0 Å². The van der Waals surface area contributed by atoms with E-state index in [9.17, 15) is 26.7 Å². The molecule has 0 unspecified atom stereocenters. The lowest BCUT2D eigenvalue weighted by atomic mass is 9.99. The number of alkyl halides is 5. The Morgan fingerprint density at radius 1 is 0.857 bits per heavy atom. The first-order valence-corrected chi connectivity index (χ1v) is 7.21. The molecule has 0 saturated carbocycles. The molecule has 2 aliphatic heterocycles. The van der Waals surface area contributed by atoms with Crippen LogP contribution < -0.4 is 0 Å². The minimum atomic E-state index is -5.83. The molecule has 3 nitrogen and oxygen atoms in total. The van der Waals surface area contributed by atoms with Crippen molar-refractivity contribution in [3.8, 4) is 0 Å². The van der Waals surface area contributed by atoms with Crippen molar-refractivity contribution >= 4 is 5.91 Å². The predicted molar refractivity (Wildman–Crippen MR) is 66.0 cm³/mol. The third kappa shape index (κ3) is 3.46. The molecule has 2 aliphatic rings. The first-order valence-electron chi connectivity index (χ1n) is 7.21. The maximum absolute atomic E-state index is 13.0. The number of hydrogen-bond acceptors (Lipinski definition) is 2. The van der Waals surface area contributed by atoms with Gasteiger partial charge in [-0.15, -0.1) is 0 Å². The highest BCUT2D eigenvalue weighted by molar-refractivity contribution is 5.84. The standard InChI is InChI=1S/C13H19F5N2O/c14-12(15,13(16,17)18)11(21)20-8-4-10(5-9-20)19-6-2-1-3-7-19/h10H,1-9H2. The van der Waals surface area contributed by atoms with Crippen LogP contribution in [0, 0.1) is 0 Å². The lowest BCUT2D eigenvalue weighted by Crippen LogP contribution is -2.56. The van der Waals surface area contributed by atoms with Crippen molar-refractivity contribution in [2.75, 3.05) is 26.2 Å². The van der Waals surface area contributed by atoms with E-state index in [1.165, 1.54) is 6.42 Å². The molecule has 21 heavy (non-hydrogen) atoms. The molecule has 1 amide bonds. The topological polar surface area (TPSA) is 23.6 Å². The van der Waals surface area contributed by atoms with Crippen molar-refractivity contribution in [1.29, 1.82) is 0 Å². The molecule has 0 aromatic carbocycles. The van der Waals surface area contributed by atoms with Gasteiger partial charge in [0.05, 0.1) is 0 Å². The molecular formula is C13H19F5N2O. The first kappa shape index (κ1) is 16.5. The number of hydrogen-bond donors (Lipinski definition) is 0. The normalized spacial score (nSPS) is 23.4. The molecule has 2 fully saturated rings. The van der Waals surface area contributed by atoms with Gasteiger partial charge >= 0.3 is 18.0 Å². The predicted octanol–water partition coefficient (Wildman–Crippen LogP) is 2.66. The van der Waals surface area contributed by atoms with Gasteiger partial charge < -0.3 is 9.80 Å². The maximum Gasteiger partial charge on any atom is 0.463 e. The summed E-state index contributed by atoms with van der Waals surface area (Å²) in [7, 11) is 0. The van der Waals surface area contributed by atoms with E-state index in [4.69, 9.17) is 0 Å². The van der Waals surface area contributed by atoms with E-state index < -0.39 is 18.0 Å². The average Bonchev–Trinajstić information content (AvgIpc) is 2.46. The van der Waals surface area contributed by atoms with Crippen LogP contribution in [0.1, 0.15) is 32.1 Å². The van der Waals surface area contributed by atoms with Gasteiger partial charge in [-0.1, -0.05) is 6.42 Å². The van der Waals surface area contributed by atoms with E-state index in [-0.39, 0.29) is 19.1 Å². The summed E-state index contributed by atoms with van der Waals surface area (Å²) in [6.07, 6.45) is -1.56. The Hall–Kier alpha value is -0.920. The largest absolute Gasteiger partial charge is 0.463 e. The second-order valence-corrected chi connectivity index (χ2v) is 5.69. The van der Waals surface area contributed by atoms with Crippen molar-refractivity contribution in [3.63, 3.8) is 0 Å². The van der Waals surface area contributed by atoms with E-state index in [0.29, 0.717) is 17.7 Å². The van der Waals surface area contributed by atoms with Gasteiger partial charge in [0, 0.05) is 19.1 Å². The van der Waals surface area contributed by atoms with Gasteiger partial charge in [-0.25, -0.2) is 0 Å². The Labute approximate surface area is 120 Å². The highest BCUT2D eigenvalue weighted by Crippen LogP contribution is 2.37. The molecule has 0 bridgehead atoms. The van der Waals surface area contributed by atoms with Gasteiger partial charge in [0.1, 0.15) is 0 Å². The zero-order valence-electron chi connectivity index (χ0n) is 11.6. The molecule has 2 rings (SSSR count). The lowest BCUT2D eigenvalue weighted by Gasteiger charge is -2.40. The number of rotatable bonds is 2. The van der Waals surface area contributed by atoms with Crippen LogP contribution in [-0.4, -0.2) is 60.0 Å². The summed E-state index contributed by atoms with van der Waals surface area (Å²) in [6.45, 7) is 1.81. The van der Waals surface area contributed by atoms with Crippen LogP contribution in [0.3, 0.4) is 0 Å². The monoisotopic (exact) mass is 314 g/mol. The second kappa shape index (κ2) is 6.06. The van der Waals surface area contributed by atoms with Gasteiger partial charge in [-0.05, 0) is 38.8 Å². The zero-order chi connectivity index (χ0) is 15.7. The van der Waals surface area contributed by atoms with Gasteiger partial charge in [0.15, 0.2) is 0 Å². The van der Waals surface area contributed by atoms with Crippen molar-refractivity contribution in [3.05, 3.63) is 0 Å². The van der Waals surface area contributed by atoms with Crippen LogP contribution in [0.4, 0.5) is 22.0 Å². The van der Waals surface area contributed by atoms with Crippen molar-refractivity contribution in [1.82, 2.24) is 9.80 Å². The molecule has 0 atom stereocenters. The molecule has 0 aliphatic carbocycles. The summed E-state index contributed by atoms with van der Waals surface area (Å²) in [5.41, 5.74) is 0. The van der Waals surface area contributed by atoms with Gasteiger partial charge in [0.2, 0.25) is 0 Å². The molecular weight excluding hydrogens is 295 g/mol. The van der Waals surface area contributed by atoms with Gasteiger partial charge in [-0.2, -0.15) is 22.0 Å². The number of carbonyl (C=O) groups excluding carboxylic acids is 1. The number of carbonyl (C=O) groups is 1. The molecule has 8 heteroatoms. The number of likely N-dealkylation sites (tertiary alicyclic amines) is 2. The van der Waals surface area contributed by atoms with Gasteiger partial charge in [-0.3, -0.25) is 4.79 Å². The van der Waals surface area contributed by atoms with Gasteiger partial charge in [0.25, 0.3) is 0 Å². The Morgan fingerprint density at radius 2 is 1.38 bits per heavy atom. The highest BCUT2D eigenvalue weighted by Gasteiger charge is 2.64. The van der Waals surface area contributed by atoms with Crippen LogP contribution in [0.25, 0.3) is 0 Å². The summed E-state index contributed by atoms with van der Waals surface area (Å²) in [4.78, 5) is 14.3. The Morgan fingerprint density at radius 3 is 1.86 bits per heavy atom. The fourth-order valence-corrected chi connectivity index (χ4v) is 3.04. The van der Waals surface area contributed by atoms with Crippen LogP contribution in [-0.2, 0) is 4.79 Å². The quantitative estimate of drug-likeness (QED) is 0.732. The smallest absolute Gasteiger partial charge is 0.337 e. The second-order valence-electron chi connectivity index (χ2n) is 5.69. The summed E-state index contributed by atoms with van der Waals surface area (Å²) >= 11 is 0. The van der Waals surface area contributed by atoms with Crippen molar-refractivity contribution in [2.24, 2.45) is 0 Å². The summed E-state index contributed by atoms with van der Waals surface area (Å²) in [5.74, 6) is -7.41. The molecule has 122 valence electrons. The van der Waals surface area contributed by atoms with Crippen LogP contribution in [0.15, 0.2) is 0 Å². The molecule has 0 aromatic heterocycles. The molecule has 0 radical (unpaired) electrons. The lowest BCUT2D eigenvalue weighted by molar-refractivity contribution is -0.274. The summed E-state index contributed by atoms with van der Waals surface area (Å²) in [5, 5.41) is 0. The van der Waals surface area contributed by atoms with E-state index in [2.05, 4.69) is 4.90 Å². The summed E-state index contributed by atoms with van der Waals surface area (Å²) < 4.78 is 62.7. The molecule has 0 N–H and O–H groups in total. The maximum atomic E-state index is 13.0. The van der Waals surface area contributed by atoms with E-state index in [0.717, 1.165) is 25.9 Å². The van der Waals surface area contributed by atoms with Crippen LogP contribution >= 0.6 is 0 Å². The zero-order valence-corrected chi connectivity index (χ0v) is 11.6. The number of nitrogens with zero attached hydrogens (tertiary/aromatic N) is 2. The third-order valence-electron chi connectivity index (χ3n) is 4.28. The minimum absolute atomic E-state index is 0.0360. The van der Waals surface area contributed by atoms with Crippen molar-refractivity contribution < 1.29 is 26.7 Å². The Kier molecular flexibility index (Phi) is 4.75. The molecule has 0 aromatic rings. The number of amides is 1. The SMILES string of the molecule is O=C(N1CCC(N2CCCCC2)CC1)C(F)(F)C(F)(F)F. The van der Waals surface area contributed by atoms with E-state index in [1.807, 2.05) is 0 Å². The fraction of sp³-hybridized carbons (Fsp3) is 0.923. The Balaban J connectivity index is 1.90. The summed E-state index contributed by atoms with van der Waals surface area (Å²) in [6, 6.07) is 0.189. The number of halogens is 5. The molecule has 2 saturated heterocycles. The third-order valence-corrected chi connectivity index (χ3v) is 4.28. The first-order chi connectivity index (χ1) is 9.73. The van der Waals surface area contributed by atoms with E-state index in [1.54, 1.807) is 0 Å². The van der Waals surface area contributed by atoms with E-state index >= 15 is 0 Å². The average molecular weight is 314 g/mol. The number of piperidine rings is 2. The highest BCUT2D eigenvalue weighted by atomic mass is 19.4. The molecule has 0 spiro atoms. The minimum Gasteiger partial charge on any atom is -0.337 e.